The van der Waals surface area contributed by atoms with Crippen molar-refractivity contribution in [3.8, 4) is 5.75 Å². The first kappa shape index (κ1) is 12.8. The van der Waals surface area contributed by atoms with Gasteiger partial charge in [0.05, 0.1) is 7.11 Å². The Kier molecular flexibility index (Phi) is 4.15. The van der Waals surface area contributed by atoms with Crippen LogP contribution in [0.3, 0.4) is 0 Å². The summed E-state index contributed by atoms with van der Waals surface area (Å²) < 4.78 is 5.12. The average Bonchev–Trinajstić information content (AvgIpc) is 2.41. The molecular weight excluding hydrogens is 248 g/mol. The van der Waals surface area contributed by atoms with E-state index < -0.39 is 0 Å². The van der Waals surface area contributed by atoms with E-state index in [1.165, 1.54) is 5.56 Å². The number of ether oxygens (including phenoxy) is 1. The Morgan fingerprint density at radius 1 is 1.17 bits per heavy atom. The van der Waals surface area contributed by atoms with Crippen molar-refractivity contribution in [2.24, 2.45) is 0 Å². The molecule has 0 radical (unpaired) electrons. The van der Waals surface area contributed by atoms with Crippen molar-refractivity contribution in [2.75, 3.05) is 7.11 Å². The normalized spacial score (nSPS) is 10.4. The number of benzene rings is 1. The number of methoxy groups -OCH3 is 1. The molecule has 0 aliphatic rings. The topological polar surface area (TPSA) is 35.0 Å². The van der Waals surface area contributed by atoms with E-state index in [4.69, 9.17) is 16.3 Å². The molecule has 1 aromatic heterocycles. The van der Waals surface area contributed by atoms with Gasteiger partial charge in [0.2, 0.25) is 0 Å². The maximum atomic E-state index is 5.97. The summed E-state index contributed by atoms with van der Waals surface area (Å²) in [6.45, 7) is 1.90. The molecule has 94 valence electrons. The summed E-state index contributed by atoms with van der Waals surface area (Å²) in [5.74, 6) is 1.65. The zero-order valence-corrected chi connectivity index (χ0v) is 11.2. The van der Waals surface area contributed by atoms with Crippen molar-refractivity contribution in [1.29, 1.82) is 0 Å². The highest BCUT2D eigenvalue weighted by atomic mass is 35.5. The predicted octanol–water partition coefficient (Wildman–Crippen LogP) is 3.23. The monoisotopic (exact) mass is 262 g/mol. The minimum absolute atomic E-state index is 0.537. The van der Waals surface area contributed by atoms with Crippen molar-refractivity contribution in [1.82, 2.24) is 9.97 Å². The third-order valence-corrected chi connectivity index (χ3v) is 3.14. The molecule has 0 fully saturated rings. The van der Waals surface area contributed by atoms with Crippen molar-refractivity contribution in [3.63, 3.8) is 0 Å². The van der Waals surface area contributed by atoms with Crippen LogP contribution in [0.4, 0.5) is 0 Å². The molecule has 4 heteroatoms. The standard InChI is InChI=1S/C14H15ClN2O/c1-10-9-16-13(17-14(10)15)8-5-11-3-6-12(18-2)7-4-11/h3-4,6-7,9H,5,8H2,1-2H3. The Hall–Kier alpha value is -1.61. The fourth-order valence-electron chi connectivity index (χ4n) is 1.62. The predicted molar refractivity (Wildman–Crippen MR) is 72.2 cm³/mol. The Balaban J connectivity index is 1.99. The second-order valence-corrected chi connectivity index (χ2v) is 4.47. The summed E-state index contributed by atoms with van der Waals surface area (Å²) in [5, 5.41) is 0.537. The van der Waals surface area contributed by atoms with E-state index in [-0.39, 0.29) is 0 Å². The van der Waals surface area contributed by atoms with Gasteiger partial charge in [-0.1, -0.05) is 23.7 Å². The first-order valence-electron chi connectivity index (χ1n) is 5.80. The number of hydrogen-bond donors (Lipinski definition) is 0. The average molecular weight is 263 g/mol. The fourth-order valence-corrected chi connectivity index (χ4v) is 1.77. The second-order valence-electron chi connectivity index (χ2n) is 4.11. The maximum Gasteiger partial charge on any atom is 0.135 e. The van der Waals surface area contributed by atoms with Crippen LogP contribution in [0.15, 0.2) is 30.5 Å². The number of halogens is 1. The van der Waals surface area contributed by atoms with Gasteiger partial charge in [0, 0.05) is 18.2 Å². The van der Waals surface area contributed by atoms with E-state index in [9.17, 15) is 0 Å². The van der Waals surface area contributed by atoms with E-state index in [0.717, 1.165) is 30.0 Å². The molecule has 0 bridgehead atoms. The quantitative estimate of drug-likeness (QED) is 0.794. The van der Waals surface area contributed by atoms with E-state index in [1.54, 1.807) is 13.3 Å². The Morgan fingerprint density at radius 3 is 2.50 bits per heavy atom. The smallest absolute Gasteiger partial charge is 0.135 e. The van der Waals surface area contributed by atoms with E-state index in [1.807, 2.05) is 19.1 Å². The molecular formula is C14H15ClN2O. The molecule has 0 N–H and O–H groups in total. The molecule has 0 atom stereocenters. The molecule has 1 aromatic carbocycles. The van der Waals surface area contributed by atoms with Gasteiger partial charge in [0.15, 0.2) is 0 Å². The highest BCUT2D eigenvalue weighted by molar-refractivity contribution is 6.30. The first-order chi connectivity index (χ1) is 8.69. The number of nitrogens with zero attached hydrogens (tertiary/aromatic N) is 2. The van der Waals surface area contributed by atoms with Crippen LogP contribution >= 0.6 is 11.6 Å². The summed E-state index contributed by atoms with van der Waals surface area (Å²) in [7, 11) is 1.66. The van der Waals surface area contributed by atoms with Crippen LogP contribution in [0.25, 0.3) is 0 Å². The fraction of sp³-hybridized carbons (Fsp3) is 0.286. The Morgan fingerprint density at radius 2 is 1.89 bits per heavy atom. The van der Waals surface area contributed by atoms with Gasteiger partial charge in [-0.25, -0.2) is 9.97 Å². The second kappa shape index (κ2) is 5.83. The molecule has 0 spiro atoms. The first-order valence-corrected chi connectivity index (χ1v) is 6.18. The number of aryl methyl sites for hydroxylation is 3. The van der Waals surface area contributed by atoms with Gasteiger partial charge in [0.1, 0.15) is 16.7 Å². The van der Waals surface area contributed by atoms with Gasteiger partial charge in [-0.3, -0.25) is 0 Å². The van der Waals surface area contributed by atoms with Crippen molar-refractivity contribution >= 4 is 11.6 Å². The van der Waals surface area contributed by atoms with Crippen molar-refractivity contribution in [3.05, 3.63) is 52.6 Å². The molecule has 2 aromatic rings. The highest BCUT2D eigenvalue weighted by Gasteiger charge is 2.02. The third kappa shape index (κ3) is 3.20. The summed E-state index contributed by atoms with van der Waals surface area (Å²) in [6, 6.07) is 8.01. The zero-order valence-electron chi connectivity index (χ0n) is 10.5. The lowest BCUT2D eigenvalue weighted by molar-refractivity contribution is 0.414. The lowest BCUT2D eigenvalue weighted by atomic mass is 10.1. The van der Waals surface area contributed by atoms with Crippen LogP contribution in [0.5, 0.6) is 5.75 Å². The largest absolute Gasteiger partial charge is 0.497 e. The molecule has 3 nitrogen and oxygen atoms in total. The van der Waals surface area contributed by atoms with Crippen LogP contribution in [0.2, 0.25) is 5.15 Å². The summed E-state index contributed by atoms with van der Waals surface area (Å²) in [4.78, 5) is 8.52. The van der Waals surface area contributed by atoms with Crippen LogP contribution in [-0.2, 0) is 12.8 Å². The van der Waals surface area contributed by atoms with Gasteiger partial charge < -0.3 is 4.74 Å². The molecule has 18 heavy (non-hydrogen) atoms. The van der Waals surface area contributed by atoms with E-state index in [0.29, 0.717) is 5.15 Å². The summed E-state index contributed by atoms with van der Waals surface area (Å²) in [5.41, 5.74) is 2.14. The molecule has 0 amide bonds. The minimum atomic E-state index is 0.537. The van der Waals surface area contributed by atoms with Gasteiger partial charge >= 0.3 is 0 Å². The van der Waals surface area contributed by atoms with Crippen molar-refractivity contribution < 1.29 is 4.74 Å². The van der Waals surface area contributed by atoms with Crippen LogP contribution in [0, 0.1) is 6.92 Å². The van der Waals surface area contributed by atoms with E-state index in [2.05, 4.69) is 22.1 Å². The summed E-state index contributed by atoms with van der Waals surface area (Å²) >= 11 is 5.97. The molecule has 1 heterocycles. The van der Waals surface area contributed by atoms with Crippen LogP contribution in [0.1, 0.15) is 17.0 Å². The molecule has 0 aliphatic carbocycles. The third-order valence-electron chi connectivity index (χ3n) is 2.76. The highest BCUT2D eigenvalue weighted by Crippen LogP contribution is 2.14. The Bertz CT molecular complexity index is 526. The zero-order chi connectivity index (χ0) is 13.0. The Labute approximate surface area is 112 Å². The van der Waals surface area contributed by atoms with Crippen LogP contribution in [-0.4, -0.2) is 17.1 Å². The lowest BCUT2D eigenvalue weighted by Crippen LogP contribution is -1.99. The molecule has 0 saturated carbocycles. The lowest BCUT2D eigenvalue weighted by Gasteiger charge is -2.04. The van der Waals surface area contributed by atoms with Crippen LogP contribution < -0.4 is 4.74 Å². The number of aromatic nitrogens is 2. The van der Waals surface area contributed by atoms with Gasteiger partial charge in [-0.05, 0) is 31.0 Å². The molecule has 0 unspecified atom stereocenters. The van der Waals surface area contributed by atoms with E-state index >= 15 is 0 Å². The minimum Gasteiger partial charge on any atom is -0.497 e. The maximum absolute atomic E-state index is 5.97. The van der Waals surface area contributed by atoms with Gasteiger partial charge in [0.25, 0.3) is 0 Å². The summed E-state index contributed by atoms with van der Waals surface area (Å²) in [6.07, 6.45) is 3.44. The molecule has 0 saturated heterocycles. The SMILES string of the molecule is COc1ccc(CCc2ncc(C)c(Cl)n2)cc1. The number of hydrogen-bond acceptors (Lipinski definition) is 3. The van der Waals surface area contributed by atoms with Crippen molar-refractivity contribution in [2.45, 2.75) is 19.8 Å². The molecule has 2 rings (SSSR count). The number of rotatable bonds is 4. The van der Waals surface area contributed by atoms with Gasteiger partial charge in [-0.15, -0.1) is 0 Å². The molecule has 0 aliphatic heterocycles. The van der Waals surface area contributed by atoms with Gasteiger partial charge in [-0.2, -0.15) is 0 Å².